The fourth-order valence-electron chi connectivity index (χ4n) is 4.45. The summed E-state index contributed by atoms with van der Waals surface area (Å²) in [6.45, 7) is 4.41. The zero-order chi connectivity index (χ0) is 28.7. The van der Waals surface area contributed by atoms with E-state index in [0.717, 1.165) is 38.5 Å². The Morgan fingerprint density at radius 1 is 0.615 bits per heavy atom. The Morgan fingerprint density at radius 2 is 1.05 bits per heavy atom. The molecule has 0 radical (unpaired) electrons. The number of ether oxygens (including phenoxy) is 4. The predicted octanol–water partition coefficient (Wildman–Crippen LogP) is 8.36. The number of unbranched alkanes of at least 4 members (excludes halogenated alkanes) is 14. The summed E-state index contributed by atoms with van der Waals surface area (Å²) in [5.74, 6) is -0.975. The van der Waals surface area contributed by atoms with E-state index < -0.39 is 18.0 Å². The first-order chi connectivity index (χ1) is 19.0. The number of rotatable bonds is 24. The molecule has 0 aromatic heterocycles. The molecule has 0 saturated carbocycles. The van der Waals surface area contributed by atoms with Crippen molar-refractivity contribution in [3.05, 3.63) is 23.8 Å². The second kappa shape index (κ2) is 22.6. The molecule has 0 aliphatic heterocycles. The maximum atomic E-state index is 12.9. The van der Waals surface area contributed by atoms with Crippen LogP contribution in [0.25, 0.3) is 0 Å². The van der Waals surface area contributed by atoms with Gasteiger partial charge in [-0.05, 0) is 25.0 Å². The first-order valence-electron chi connectivity index (χ1n) is 15.1. The van der Waals surface area contributed by atoms with Crippen LogP contribution in [0.2, 0.25) is 0 Å². The molecule has 0 aliphatic carbocycles. The van der Waals surface area contributed by atoms with E-state index in [1.165, 1.54) is 96.6 Å². The summed E-state index contributed by atoms with van der Waals surface area (Å²) < 4.78 is 21.3. The average molecular weight is 549 g/mol. The highest BCUT2D eigenvalue weighted by Gasteiger charge is 2.24. The fourth-order valence-corrected chi connectivity index (χ4v) is 4.45. The van der Waals surface area contributed by atoms with Crippen molar-refractivity contribution in [1.82, 2.24) is 0 Å². The molecule has 39 heavy (non-hydrogen) atoms. The molecular weight excluding hydrogens is 496 g/mol. The maximum absolute atomic E-state index is 12.9. The number of hydrogen-bond donors (Lipinski definition) is 0. The number of carbonyl (C=O) groups excluding carboxylic acids is 3. The lowest BCUT2D eigenvalue weighted by molar-refractivity contribution is -0.135. The molecule has 0 atom stereocenters. The van der Waals surface area contributed by atoms with E-state index >= 15 is 0 Å². The van der Waals surface area contributed by atoms with Crippen LogP contribution in [0.1, 0.15) is 140 Å². The lowest BCUT2D eigenvalue weighted by atomic mass is 10.1. The lowest BCUT2D eigenvalue weighted by Gasteiger charge is -2.16. The van der Waals surface area contributed by atoms with Gasteiger partial charge in [0.15, 0.2) is 0 Å². The zero-order valence-electron chi connectivity index (χ0n) is 24.9. The Bertz CT molecular complexity index is 817. The van der Waals surface area contributed by atoms with Gasteiger partial charge >= 0.3 is 11.9 Å². The van der Waals surface area contributed by atoms with Gasteiger partial charge in [0.1, 0.15) is 11.5 Å². The average Bonchev–Trinajstić information content (AvgIpc) is 2.92. The minimum absolute atomic E-state index is 0.0426. The minimum atomic E-state index is -1.13. The molecule has 0 saturated heterocycles. The van der Waals surface area contributed by atoms with Crippen LogP contribution >= 0.6 is 0 Å². The summed E-state index contributed by atoms with van der Waals surface area (Å²) in [4.78, 5) is 37.9. The second-order valence-electron chi connectivity index (χ2n) is 10.2. The molecule has 7 heteroatoms. The van der Waals surface area contributed by atoms with E-state index in [-0.39, 0.29) is 29.5 Å². The SMILES string of the molecule is CCCCCCCCCCC(=O)Oc1ccc(C(=O)C(OC)OC)c(OC(=O)CCCCCCCCCC)c1. The first kappa shape index (κ1) is 34.8. The van der Waals surface area contributed by atoms with Crippen LogP contribution in [0.15, 0.2) is 18.2 Å². The molecule has 0 fully saturated rings. The summed E-state index contributed by atoms with van der Waals surface area (Å²) in [6.07, 6.45) is 17.5. The Kier molecular flexibility index (Phi) is 20.1. The molecule has 0 aliphatic rings. The highest BCUT2D eigenvalue weighted by molar-refractivity contribution is 6.01. The predicted molar refractivity (Wildman–Crippen MR) is 154 cm³/mol. The molecule has 7 nitrogen and oxygen atoms in total. The third-order valence-corrected chi connectivity index (χ3v) is 6.79. The third-order valence-electron chi connectivity index (χ3n) is 6.79. The van der Waals surface area contributed by atoms with Gasteiger partial charge in [-0.3, -0.25) is 14.4 Å². The van der Waals surface area contributed by atoms with Crippen molar-refractivity contribution in [3.8, 4) is 11.5 Å². The Morgan fingerprint density at radius 3 is 1.51 bits per heavy atom. The van der Waals surface area contributed by atoms with E-state index in [0.29, 0.717) is 6.42 Å². The summed E-state index contributed by atoms with van der Waals surface area (Å²) in [5.41, 5.74) is 0.135. The van der Waals surface area contributed by atoms with Gasteiger partial charge in [-0.25, -0.2) is 0 Å². The van der Waals surface area contributed by atoms with Crippen molar-refractivity contribution in [2.45, 2.75) is 136 Å². The fraction of sp³-hybridized carbons (Fsp3) is 0.719. The van der Waals surface area contributed by atoms with Crippen LogP contribution in [0.5, 0.6) is 11.5 Å². The second-order valence-corrected chi connectivity index (χ2v) is 10.2. The number of hydrogen-bond acceptors (Lipinski definition) is 7. The molecule has 0 N–H and O–H groups in total. The molecule has 1 rings (SSSR count). The molecule has 0 heterocycles. The molecule has 0 amide bonds. The highest BCUT2D eigenvalue weighted by Crippen LogP contribution is 2.28. The number of benzene rings is 1. The third kappa shape index (κ3) is 15.8. The van der Waals surface area contributed by atoms with Gasteiger partial charge in [-0.1, -0.05) is 104 Å². The van der Waals surface area contributed by atoms with Crippen molar-refractivity contribution in [2.75, 3.05) is 14.2 Å². The van der Waals surface area contributed by atoms with Gasteiger partial charge in [-0.15, -0.1) is 0 Å². The summed E-state index contributed by atoms with van der Waals surface area (Å²) in [6, 6.07) is 4.43. The number of carbonyl (C=O) groups is 3. The number of esters is 2. The van der Waals surface area contributed by atoms with Gasteiger partial charge in [0.25, 0.3) is 0 Å². The maximum Gasteiger partial charge on any atom is 0.311 e. The molecule has 1 aromatic rings. The number of methoxy groups -OCH3 is 2. The minimum Gasteiger partial charge on any atom is -0.426 e. The molecule has 0 bridgehead atoms. The Balaban J connectivity index is 2.66. The summed E-state index contributed by atoms with van der Waals surface area (Å²) >= 11 is 0. The van der Waals surface area contributed by atoms with Crippen LogP contribution in [0.4, 0.5) is 0 Å². The van der Waals surface area contributed by atoms with E-state index in [4.69, 9.17) is 18.9 Å². The van der Waals surface area contributed by atoms with E-state index in [1.807, 2.05) is 0 Å². The number of ketones is 1. The number of Topliss-reactive ketones (excluding diaryl/α,β-unsaturated/α-hetero) is 1. The Labute approximate surface area is 236 Å². The Hall–Kier alpha value is -2.25. The van der Waals surface area contributed by atoms with Gasteiger partial charge in [0, 0.05) is 33.1 Å². The van der Waals surface area contributed by atoms with Crippen LogP contribution in [-0.2, 0) is 19.1 Å². The monoisotopic (exact) mass is 548 g/mol. The van der Waals surface area contributed by atoms with Crippen molar-refractivity contribution in [3.63, 3.8) is 0 Å². The summed E-state index contributed by atoms with van der Waals surface area (Å²) in [7, 11) is 2.72. The van der Waals surface area contributed by atoms with Crippen LogP contribution in [0.3, 0.4) is 0 Å². The van der Waals surface area contributed by atoms with Crippen molar-refractivity contribution < 1.29 is 33.3 Å². The molecule has 0 unspecified atom stereocenters. The first-order valence-corrected chi connectivity index (χ1v) is 15.1. The zero-order valence-corrected chi connectivity index (χ0v) is 24.9. The van der Waals surface area contributed by atoms with Gasteiger partial charge in [-0.2, -0.15) is 0 Å². The molecular formula is C32H52O7. The largest absolute Gasteiger partial charge is 0.426 e. The van der Waals surface area contributed by atoms with Crippen LogP contribution in [-0.4, -0.2) is 38.2 Å². The molecule has 1 aromatic carbocycles. The smallest absolute Gasteiger partial charge is 0.311 e. The lowest BCUT2D eigenvalue weighted by Crippen LogP contribution is -2.26. The van der Waals surface area contributed by atoms with E-state index in [9.17, 15) is 14.4 Å². The van der Waals surface area contributed by atoms with Gasteiger partial charge < -0.3 is 18.9 Å². The standard InChI is InChI=1S/C32H52O7/c1-5-7-9-11-13-15-17-19-21-29(33)38-26-23-24-27(31(35)32(36-3)37-4)28(25-26)39-30(34)22-20-18-16-14-12-10-8-6-2/h23-25,32H,5-22H2,1-4H3. The molecule has 0 spiro atoms. The van der Waals surface area contributed by atoms with E-state index in [1.54, 1.807) is 0 Å². The van der Waals surface area contributed by atoms with E-state index in [2.05, 4.69) is 13.8 Å². The summed E-state index contributed by atoms with van der Waals surface area (Å²) in [5, 5.41) is 0. The quantitative estimate of drug-likeness (QED) is 0.0421. The highest BCUT2D eigenvalue weighted by atomic mass is 16.7. The van der Waals surface area contributed by atoms with Crippen LogP contribution < -0.4 is 9.47 Å². The van der Waals surface area contributed by atoms with Crippen molar-refractivity contribution in [2.24, 2.45) is 0 Å². The van der Waals surface area contributed by atoms with Crippen molar-refractivity contribution >= 4 is 17.7 Å². The van der Waals surface area contributed by atoms with Gasteiger partial charge in [0.05, 0.1) is 5.56 Å². The van der Waals surface area contributed by atoms with Crippen molar-refractivity contribution in [1.29, 1.82) is 0 Å². The van der Waals surface area contributed by atoms with Crippen LogP contribution in [0, 0.1) is 0 Å². The normalized spacial score (nSPS) is 11.1. The van der Waals surface area contributed by atoms with Gasteiger partial charge in [0.2, 0.25) is 12.1 Å². The topological polar surface area (TPSA) is 88.1 Å². The molecule has 222 valence electrons.